The lowest BCUT2D eigenvalue weighted by atomic mass is 10.1. The molecule has 1 aromatic heterocycles. The van der Waals surface area contributed by atoms with Crippen LogP contribution in [0.4, 0.5) is 5.69 Å². The molecule has 0 fully saturated rings. The van der Waals surface area contributed by atoms with E-state index in [-0.39, 0.29) is 0 Å². The normalized spacial score (nSPS) is 12.1. The van der Waals surface area contributed by atoms with Gasteiger partial charge in [0.1, 0.15) is 11.5 Å². The zero-order valence-corrected chi connectivity index (χ0v) is 12.9. The highest BCUT2D eigenvalue weighted by Crippen LogP contribution is 2.24. The Morgan fingerprint density at radius 2 is 2.00 bits per heavy atom. The van der Waals surface area contributed by atoms with Gasteiger partial charge in [-0.1, -0.05) is 19.1 Å². The number of rotatable bonds is 7. The Balaban J connectivity index is 2.15. The molecule has 0 aliphatic heterocycles. The molecular weight excluding hydrogens is 286 g/mol. The minimum atomic E-state index is -0.959. The molecule has 0 radical (unpaired) electrons. The summed E-state index contributed by atoms with van der Waals surface area (Å²) in [5.41, 5.74) is 1.98. The Kier molecular flexibility index (Phi) is 5.33. The first-order valence-electron chi connectivity index (χ1n) is 6.80. The van der Waals surface area contributed by atoms with Gasteiger partial charge >= 0.3 is 5.97 Å². The molecule has 2 aromatic rings. The molecule has 1 unspecified atom stereocenters. The molecule has 0 spiro atoms. The van der Waals surface area contributed by atoms with E-state index in [9.17, 15) is 9.90 Å². The van der Waals surface area contributed by atoms with Gasteiger partial charge in [-0.3, -0.25) is 0 Å². The molecule has 4 nitrogen and oxygen atoms in total. The van der Waals surface area contributed by atoms with Crippen LogP contribution in [0.25, 0.3) is 0 Å². The fourth-order valence-corrected chi connectivity index (χ4v) is 2.47. The molecule has 21 heavy (non-hydrogen) atoms. The Labute approximate surface area is 128 Å². The number of carbonyl (C=O) groups is 1. The first-order valence-corrected chi connectivity index (χ1v) is 8.19. The number of furan rings is 1. The predicted molar refractivity (Wildman–Crippen MR) is 85.7 cm³/mol. The molecule has 2 N–H and O–H groups in total. The topological polar surface area (TPSA) is 62.5 Å². The van der Waals surface area contributed by atoms with Gasteiger partial charge in [0, 0.05) is 5.69 Å². The molecule has 0 aliphatic rings. The van der Waals surface area contributed by atoms with E-state index in [4.69, 9.17) is 4.42 Å². The second-order valence-corrected chi connectivity index (χ2v) is 5.57. The van der Waals surface area contributed by atoms with Gasteiger partial charge in [-0.15, -0.1) is 0 Å². The average molecular weight is 305 g/mol. The fourth-order valence-electron chi connectivity index (χ4n) is 2.03. The number of hydrogen-bond donors (Lipinski definition) is 2. The first-order chi connectivity index (χ1) is 10.1. The molecular formula is C16H19NO3S. The Hall–Kier alpha value is -1.88. The van der Waals surface area contributed by atoms with Gasteiger partial charge in [-0.25, -0.2) is 4.79 Å². The maximum absolute atomic E-state index is 11.5. The van der Waals surface area contributed by atoms with Crippen LogP contribution in [-0.2, 0) is 17.0 Å². The summed E-state index contributed by atoms with van der Waals surface area (Å²) in [5, 5.41) is 12.4. The van der Waals surface area contributed by atoms with E-state index in [1.54, 1.807) is 17.8 Å². The van der Waals surface area contributed by atoms with Crippen molar-refractivity contribution in [2.45, 2.75) is 25.1 Å². The largest absolute Gasteiger partial charge is 0.479 e. The molecule has 5 heteroatoms. The zero-order chi connectivity index (χ0) is 15.2. The molecule has 0 aliphatic carbocycles. The number of thioether (sulfide) groups is 1. The van der Waals surface area contributed by atoms with Crippen LogP contribution in [0.5, 0.6) is 0 Å². The molecule has 1 aromatic carbocycles. The number of carboxylic acids is 1. The summed E-state index contributed by atoms with van der Waals surface area (Å²) in [7, 11) is 0. The third kappa shape index (κ3) is 4.04. The van der Waals surface area contributed by atoms with Crippen LogP contribution < -0.4 is 5.32 Å². The molecule has 0 saturated heterocycles. The van der Waals surface area contributed by atoms with Crippen LogP contribution in [-0.4, -0.2) is 17.3 Å². The van der Waals surface area contributed by atoms with Crippen LogP contribution in [0.1, 0.15) is 30.0 Å². The van der Waals surface area contributed by atoms with Crippen molar-refractivity contribution in [2.75, 3.05) is 11.6 Å². The summed E-state index contributed by atoms with van der Waals surface area (Å²) in [4.78, 5) is 11.5. The summed E-state index contributed by atoms with van der Waals surface area (Å²) in [6.45, 7) is 2.08. The van der Waals surface area contributed by atoms with Gasteiger partial charge in [-0.2, -0.15) is 11.8 Å². The lowest BCUT2D eigenvalue weighted by molar-refractivity contribution is -0.138. The number of aryl methyl sites for hydroxylation is 1. The highest BCUT2D eigenvalue weighted by molar-refractivity contribution is 7.97. The molecule has 112 valence electrons. The van der Waals surface area contributed by atoms with Crippen LogP contribution in [0, 0.1) is 0 Å². The monoisotopic (exact) mass is 305 g/mol. The smallest absolute Gasteiger partial charge is 0.334 e. The van der Waals surface area contributed by atoms with Crippen molar-refractivity contribution in [3.05, 3.63) is 53.5 Å². The molecule has 1 heterocycles. The number of carboxylic acid groups (broad SMARTS) is 1. The van der Waals surface area contributed by atoms with Gasteiger partial charge < -0.3 is 14.8 Å². The number of benzene rings is 1. The lowest BCUT2D eigenvalue weighted by Crippen LogP contribution is -2.19. The van der Waals surface area contributed by atoms with Crippen molar-refractivity contribution in [1.29, 1.82) is 0 Å². The molecule has 2 rings (SSSR count). The van der Waals surface area contributed by atoms with E-state index in [0.717, 1.165) is 23.6 Å². The van der Waals surface area contributed by atoms with Crippen LogP contribution >= 0.6 is 11.8 Å². The number of hydrogen-bond acceptors (Lipinski definition) is 4. The van der Waals surface area contributed by atoms with Gasteiger partial charge in [0.25, 0.3) is 0 Å². The summed E-state index contributed by atoms with van der Waals surface area (Å²) >= 11 is 1.63. The highest BCUT2D eigenvalue weighted by Gasteiger charge is 2.23. The van der Waals surface area contributed by atoms with Crippen molar-refractivity contribution in [3.63, 3.8) is 0 Å². The van der Waals surface area contributed by atoms with Crippen molar-refractivity contribution in [2.24, 2.45) is 0 Å². The van der Waals surface area contributed by atoms with Crippen LogP contribution in [0.15, 0.2) is 40.8 Å². The number of anilines is 1. The van der Waals surface area contributed by atoms with Crippen molar-refractivity contribution < 1.29 is 14.3 Å². The molecule has 1 atom stereocenters. The summed E-state index contributed by atoms with van der Waals surface area (Å²) < 4.78 is 5.60. The quantitative estimate of drug-likeness (QED) is 0.811. The van der Waals surface area contributed by atoms with Crippen LogP contribution in [0.2, 0.25) is 0 Å². The maximum atomic E-state index is 11.5. The van der Waals surface area contributed by atoms with E-state index in [0.29, 0.717) is 5.76 Å². The number of aliphatic carboxylic acids is 1. The van der Waals surface area contributed by atoms with Crippen LogP contribution in [0.3, 0.4) is 0 Å². The highest BCUT2D eigenvalue weighted by atomic mass is 32.2. The Morgan fingerprint density at radius 3 is 2.57 bits per heavy atom. The summed E-state index contributed by atoms with van der Waals surface area (Å²) in [5.74, 6) is 0.981. The fraction of sp³-hybridized carbons (Fsp3) is 0.312. The third-order valence-corrected chi connectivity index (χ3v) is 3.75. The van der Waals surface area contributed by atoms with Crippen molar-refractivity contribution >= 4 is 23.4 Å². The lowest BCUT2D eigenvalue weighted by Gasteiger charge is -2.14. The number of nitrogens with one attached hydrogen (secondary N) is 1. The second-order valence-electron chi connectivity index (χ2n) is 4.70. The molecule has 0 amide bonds. The van der Waals surface area contributed by atoms with Gasteiger partial charge in [-0.05, 0) is 42.5 Å². The minimum absolute atomic E-state index is 0.422. The van der Waals surface area contributed by atoms with Crippen molar-refractivity contribution in [3.8, 4) is 0 Å². The minimum Gasteiger partial charge on any atom is -0.479 e. The third-order valence-electron chi connectivity index (χ3n) is 3.17. The summed E-state index contributed by atoms with van der Waals surface area (Å²) in [6.07, 6.45) is 2.93. The van der Waals surface area contributed by atoms with Gasteiger partial charge in [0.15, 0.2) is 6.04 Å². The van der Waals surface area contributed by atoms with E-state index < -0.39 is 12.0 Å². The van der Waals surface area contributed by atoms with E-state index in [1.807, 2.05) is 36.6 Å². The van der Waals surface area contributed by atoms with E-state index in [2.05, 4.69) is 12.2 Å². The van der Waals surface area contributed by atoms with Crippen molar-refractivity contribution in [1.82, 2.24) is 0 Å². The molecule has 0 saturated carbocycles. The van der Waals surface area contributed by atoms with E-state index >= 15 is 0 Å². The predicted octanol–water partition coefficient (Wildman–Crippen LogP) is 3.94. The SMILES string of the molecule is CCc1ccc(NC(C(=O)O)c2ccc(CSC)o2)cc1. The second kappa shape index (κ2) is 7.22. The Bertz CT molecular complexity index is 592. The first kappa shape index (κ1) is 15.5. The summed E-state index contributed by atoms with van der Waals surface area (Å²) in [6, 6.07) is 10.4. The average Bonchev–Trinajstić information content (AvgIpc) is 2.93. The van der Waals surface area contributed by atoms with Gasteiger partial charge in [0.05, 0.1) is 5.75 Å². The Morgan fingerprint density at radius 1 is 1.29 bits per heavy atom. The van der Waals surface area contributed by atoms with Gasteiger partial charge in [0.2, 0.25) is 0 Å². The van der Waals surface area contributed by atoms with E-state index in [1.165, 1.54) is 5.56 Å². The zero-order valence-electron chi connectivity index (χ0n) is 12.1. The standard InChI is InChI=1S/C16H19NO3S/c1-3-11-4-6-12(7-5-11)17-15(16(18)19)14-9-8-13(20-14)10-21-2/h4-9,15,17H,3,10H2,1-2H3,(H,18,19). The molecule has 0 bridgehead atoms. The maximum Gasteiger partial charge on any atom is 0.334 e.